The predicted octanol–water partition coefficient (Wildman–Crippen LogP) is 2.43. The monoisotopic (exact) mass is 346 g/mol. The molecule has 2 heterocycles. The van der Waals surface area contributed by atoms with E-state index in [0.29, 0.717) is 11.5 Å². The Balaban J connectivity index is 1.42. The number of likely N-dealkylation sites (tertiary alicyclic amines) is 1. The van der Waals surface area contributed by atoms with Crippen molar-refractivity contribution < 1.29 is 13.9 Å². The lowest BCUT2D eigenvalue weighted by Gasteiger charge is -2.38. The molecule has 25 heavy (non-hydrogen) atoms. The van der Waals surface area contributed by atoms with Crippen molar-refractivity contribution in [2.24, 2.45) is 5.92 Å². The summed E-state index contributed by atoms with van der Waals surface area (Å²) in [5.41, 5.74) is 0.00180. The summed E-state index contributed by atoms with van der Waals surface area (Å²) < 4.78 is 19.7. The molecule has 0 radical (unpaired) electrons. The summed E-state index contributed by atoms with van der Waals surface area (Å²) >= 11 is 0. The van der Waals surface area contributed by atoms with Crippen LogP contribution in [0.25, 0.3) is 0 Å². The smallest absolute Gasteiger partial charge is 0.233 e. The highest BCUT2D eigenvalue weighted by Crippen LogP contribution is 2.50. The Morgan fingerprint density at radius 3 is 2.68 bits per heavy atom. The van der Waals surface area contributed by atoms with Gasteiger partial charge in [0.2, 0.25) is 5.91 Å². The van der Waals surface area contributed by atoms with E-state index >= 15 is 0 Å². The van der Waals surface area contributed by atoms with Crippen LogP contribution in [0.2, 0.25) is 0 Å². The Morgan fingerprint density at radius 1 is 1.20 bits per heavy atom. The molecule has 5 heteroatoms. The van der Waals surface area contributed by atoms with Gasteiger partial charge in [-0.3, -0.25) is 9.69 Å². The first kappa shape index (κ1) is 17.0. The molecule has 2 aliphatic heterocycles. The third-order valence-corrected chi connectivity index (χ3v) is 5.98. The minimum absolute atomic E-state index is 0.143. The molecule has 1 aliphatic carbocycles. The highest BCUT2D eigenvalue weighted by atomic mass is 19.1. The molecule has 4 rings (SSSR count). The first-order valence-electron chi connectivity index (χ1n) is 9.53. The molecule has 0 unspecified atom stereocenters. The second-order valence-electron chi connectivity index (χ2n) is 7.73. The molecule has 2 saturated heterocycles. The number of hydrogen-bond acceptors (Lipinski definition) is 3. The maximum Gasteiger partial charge on any atom is 0.233 e. The lowest BCUT2D eigenvalue weighted by molar-refractivity contribution is -0.136. The van der Waals surface area contributed by atoms with Gasteiger partial charge in [-0.05, 0) is 37.7 Å². The van der Waals surface area contributed by atoms with Crippen molar-refractivity contribution in [2.45, 2.75) is 31.1 Å². The highest BCUT2D eigenvalue weighted by Gasteiger charge is 2.54. The molecule has 1 saturated carbocycles. The lowest BCUT2D eigenvalue weighted by Crippen LogP contribution is -2.48. The molecule has 0 aromatic heterocycles. The predicted molar refractivity (Wildman–Crippen MR) is 93.9 cm³/mol. The highest BCUT2D eigenvalue weighted by molar-refractivity contribution is 5.91. The molecule has 3 aliphatic rings. The van der Waals surface area contributed by atoms with Crippen LogP contribution in [0, 0.1) is 11.7 Å². The molecule has 1 aromatic carbocycles. The van der Waals surface area contributed by atoms with Gasteiger partial charge in [0.15, 0.2) is 0 Å². The Bertz CT molecular complexity index is 626. The zero-order valence-electron chi connectivity index (χ0n) is 14.8. The summed E-state index contributed by atoms with van der Waals surface area (Å²) in [7, 11) is 0. The second kappa shape index (κ2) is 7.04. The van der Waals surface area contributed by atoms with Gasteiger partial charge in [-0.2, -0.15) is 0 Å². The van der Waals surface area contributed by atoms with Gasteiger partial charge in [-0.1, -0.05) is 18.2 Å². The van der Waals surface area contributed by atoms with Crippen molar-refractivity contribution >= 4 is 5.91 Å². The minimum Gasteiger partial charge on any atom is -0.379 e. The van der Waals surface area contributed by atoms with Crippen molar-refractivity contribution in [1.82, 2.24) is 9.80 Å². The number of halogens is 1. The molecule has 4 nitrogen and oxygen atoms in total. The van der Waals surface area contributed by atoms with Crippen LogP contribution < -0.4 is 0 Å². The topological polar surface area (TPSA) is 32.8 Å². The molecular formula is C20H27FN2O2. The molecule has 1 atom stereocenters. The normalized spacial score (nSPS) is 26.4. The maximum atomic E-state index is 14.2. The van der Waals surface area contributed by atoms with E-state index in [9.17, 15) is 9.18 Å². The summed E-state index contributed by atoms with van der Waals surface area (Å²) in [6.45, 7) is 6.27. The van der Waals surface area contributed by atoms with Gasteiger partial charge in [0.25, 0.3) is 0 Å². The standard InChI is InChI=1S/C20H27FN2O2/c21-18-6-2-1-5-17(18)20(7-8-20)19(24)23-9-3-4-16(15-23)14-22-10-12-25-13-11-22/h1-2,5-6,16H,3-4,7-15H2/t16-/m0/s1. The Hall–Kier alpha value is -1.46. The number of nitrogens with zero attached hydrogens (tertiary/aromatic N) is 2. The quantitative estimate of drug-likeness (QED) is 0.839. The molecule has 1 amide bonds. The number of ether oxygens (including phenoxy) is 1. The second-order valence-corrected chi connectivity index (χ2v) is 7.73. The summed E-state index contributed by atoms with van der Waals surface area (Å²) in [4.78, 5) is 17.7. The molecule has 136 valence electrons. The van der Waals surface area contributed by atoms with Crippen molar-refractivity contribution in [2.75, 3.05) is 45.9 Å². The van der Waals surface area contributed by atoms with Crippen LogP contribution in [0.5, 0.6) is 0 Å². The van der Waals surface area contributed by atoms with E-state index in [4.69, 9.17) is 4.74 Å². The van der Waals surface area contributed by atoms with E-state index in [1.54, 1.807) is 12.1 Å². The number of carbonyl (C=O) groups excluding carboxylic acids is 1. The maximum absolute atomic E-state index is 14.2. The van der Waals surface area contributed by atoms with Gasteiger partial charge in [-0.25, -0.2) is 4.39 Å². The van der Waals surface area contributed by atoms with E-state index in [1.807, 2.05) is 11.0 Å². The van der Waals surface area contributed by atoms with Gasteiger partial charge < -0.3 is 9.64 Å². The van der Waals surface area contributed by atoms with Crippen molar-refractivity contribution in [3.63, 3.8) is 0 Å². The van der Waals surface area contributed by atoms with Gasteiger partial charge in [0.05, 0.1) is 18.6 Å². The number of benzene rings is 1. The van der Waals surface area contributed by atoms with Crippen LogP contribution >= 0.6 is 0 Å². The van der Waals surface area contributed by atoms with E-state index in [-0.39, 0.29) is 11.7 Å². The average molecular weight is 346 g/mol. The first-order chi connectivity index (χ1) is 12.2. The third-order valence-electron chi connectivity index (χ3n) is 5.98. The van der Waals surface area contributed by atoms with Crippen LogP contribution in [0.15, 0.2) is 24.3 Å². The minimum atomic E-state index is -0.591. The average Bonchev–Trinajstić information content (AvgIpc) is 3.44. The van der Waals surface area contributed by atoms with Crippen LogP contribution in [-0.4, -0.2) is 61.6 Å². The van der Waals surface area contributed by atoms with Gasteiger partial charge >= 0.3 is 0 Å². The lowest BCUT2D eigenvalue weighted by atomic mass is 9.91. The van der Waals surface area contributed by atoms with Gasteiger partial charge in [-0.15, -0.1) is 0 Å². The zero-order valence-corrected chi connectivity index (χ0v) is 14.8. The van der Waals surface area contributed by atoms with Crippen molar-refractivity contribution in [1.29, 1.82) is 0 Å². The van der Waals surface area contributed by atoms with E-state index < -0.39 is 5.41 Å². The Labute approximate surface area is 148 Å². The van der Waals surface area contributed by atoms with E-state index in [2.05, 4.69) is 4.90 Å². The fourth-order valence-corrected chi connectivity index (χ4v) is 4.42. The fourth-order valence-electron chi connectivity index (χ4n) is 4.42. The zero-order chi connectivity index (χ0) is 17.3. The van der Waals surface area contributed by atoms with Crippen LogP contribution in [0.3, 0.4) is 0 Å². The number of hydrogen-bond donors (Lipinski definition) is 0. The number of piperidine rings is 1. The van der Waals surface area contributed by atoms with Crippen molar-refractivity contribution in [3.05, 3.63) is 35.6 Å². The summed E-state index contributed by atoms with van der Waals surface area (Å²) in [5, 5.41) is 0. The number of morpholine rings is 1. The largest absolute Gasteiger partial charge is 0.379 e. The van der Waals surface area contributed by atoms with Gasteiger partial charge in [0.1, 0.15) is 5.82 Å². The van der Waals surface area contributed by atoms with E-state index in [0.717, 1.165) is 65.2 Å². The summed E-state index contributed by atoms with van der Waals surface area (Å²) in [5.74, 6) is 0.423. The fraction of sp³-hybridized carbons (Fsp3) is 0.650. The summed E-state index contributed by atoms with van der Waals surface area (Å²) in [6.07, 6.45) is 3.77. The summed E-state index contributed by atoms with van der Waals surface area (Å²) in [6, 6.07) is 6.79. The molecular weight excluding hydrogens is 319 g/mol. The van der Waals surface area contributed by atoms with Crippen LogP contribution in [0.1, 0.15) is 31.2 Å². The first-order valence-corrected chi connectivity index (χ1v) is 9.53. The third kappa shape index (κ3) is 3.44. The molecule has 0 N–H and O–H groups in total. The molecule has 0 spiro atoms. The number of amides is 1. The molecule has 0 bridgehead atoms. The number of carbonyl (C=O) groups is 1. The SMILES string of the molecule is O=C(N1CCC[C@@H](CN2CCOCC2)C1)C1(c2ccccc2F)CC1. The van der Waals surface area contributed by atoms with Crippen LogP contribution in [-0.2, 0) is 14.9 Å². The molecule has 3 fully saturated rings. The van der Waals surface area contributed by atoms with E-state index in [1.165, 1.54) is 12.5 Å². The molecule has 1 aromatic rings. The van der Waals surface area contributed by atoms with Gasteiger partial charge in [0, 0.05) is 38.3 Å². The van der Waals surface area contributed by atoms with Crippen LogP contribution in [0.4, 0.5) is 4.39 Å². The van der Waals surface area contributed by atoms with Crippen molar-refractivity contribution in [3.8, 4) is 0 Å². The Morgan fingerprint density at radius 2 is 1.96 bits per heavy atom. The Kier molecular flexibility index (Phi) is 4.78. The number of rotatable bonds is 4.